The van der Waals surface area contributed by atoms with Gasteiger partial charge < -0.3 is 25.1 Å². The molecule has 6 nitrogen and oxygen atoms in total. The molecule has 1 aromatic rings. The van der Waals surface area contributed by atoms with Gasteiger partial charge in [-0.3, -0.25) is 0 Å². The lowest BCUT2D eigenvalue weighted by molar-refractivity contribution is -0.133. The van der Waals surface area contributed by atoms with Gasteiger partial charge in [0, 0.05) is 6.37 Å². The number of rotatable bonds is 10. The maximum Gasteiger partial charge on any atom is 0.356 e. The van der Waals surface area contributed by atoms with Crippen LogP contribution in [0.25, 0.3) is 0 Å². The zero-order chi connectivity index (χ0) is 15.5. The summed E-state index contributed by atoms with van der Waals surface area (Å²) in [7, 11) is 0. The maximum atomic E-state index is 11.0. The number of ether oxygens (including phenoxy) is 2. The van der Waals surface area contributed by atoms with Crippen molar-refractivity contribution in [2.24, 2.45) is 0 Å². The van der Waals surface area contributed by atoms with Crippen molar-refractivity contribution in [2.75, 3.05) is 13.2 Å². The maximum absolute atomic E-state index is 11.0. The highest BCUT2D eigenvalue weighted by molar-refractivity contribution is 14.2. The van der Waals surface area contributed by atoms with E-state index in [2.05, 4.69) is 5.09 Å². The summed E-state index contributed by atoms with van der Waals surface area (Å²) in [6.45, 7) is 0.957. The zero-order valence-electron chi connectivity index (χ0n) is 11.1. The summed E-state index contributed by atoms with van der Waals surface area (Å²) in [5.74, 6) is -1.15. The normalized spacial score (nSPS) is 12.0. The van der Waals surface area contributed by atoms with Crippen molar-refractivity contribution in [1.82, 2.24) is 5.09 Å². The minimum Gasteiger partial charge on any atom is -0.487 e. The molecule has 8 heteroatoms. The van der Waals surface area contributed by atoms with Crippen LogP contribution in [-0.4, -0.2) is 30.5 Å². The Labute approximate surface area is 137 Å². The molecule has 1 unspecified atom stereocenters. The van der Waals surface area contributed by atoms with Crippen molar-refractivity contribution >= 4 is 40.6 Å². The first kappa shape index (κ1) is 17.9. The summed E-state index contributed by atoms with van der Waals surface area (Å²) in [6, 6.07) is 9.71. The highest BCUT2D eigenvalue weighted by atomic mass is 127. The lowest BCUT2D eigenvalue weighted by atomic mass is 10.2. The molecule has 0 amide bonds. The quantitative estimate of drug-likeness (QED) is 0.135. The molecule has 0 aromatic heterocycles. The molecule has 1 rings (SSSR count). The fourth-order valence-corrected chi connectivity index (χ4v) is 2.56. The van der Waals surface area contributed by atoms with Gasteiger partial charge >= 0.3 is 5.97 Å². The second-order valence-electron chi connectivity index (χ2n) is 3.79. The van der Waals surface area contributed by atoms with Gasteiger partial charge in [-0.25, -0.2) is 4.79 Å². The van der Waals surface area contributed by atoms with E-state index >= 15 is 0 Å². The van der Waals surface area contributed by atoms with Crippen LogP contribution >= 0.6 is 28.4 Å². The molecule has 0 bridgehead atoms. The van der Waals surface area contributed by atoms with Crippen LogP contribution in [0.2, 0.25) is 0 Å². The predicted octanol–water partition coefficient (Wildman–Crippen LogP) is 2.70. The van der Waals surface area contributed by atoms with Gasteiger partial charge in [-0.15, -0.1) is 0 Å². The highest BCUT2D eigenvalue weighted by Gasteiger charge is 2.13. The molecule has 3 N–H and O–H groups in total. The summed E-state index contributed by atoms with van der Waals surface area (Å²) in [6.07, 6.45) is 1.06. The van der Waals surface area contributed by atoms with Crippen LogP contribution in [0.3, 0.4) is 0 Å². The first-order valence-corrected chi connectivity index (χ1v) is 10.1. The molecule has 0 saturated heterocycles. The number of aliphatic carboxylic acids is 1. The lowest BCUT2D eigenvalue weighted by Crippen LogP contribution is -2.18. The molecule has 0 aliphatic carbocycles. The third-order valence-corrected chi connectivity index (χ3v) is 3.51. The molecular formula is C13H16IN2O4P. The number of nitrogens with one attached hydrogen (secondary N) is 2. The number of carboxylic acid groups (broad SMARTS) is 1. The number of hydrogen-bond donors (Lipinski definition) is 3. The number of benzene rings is 1. The minimum atomic E-state index is -1.15. The molecule has 1 aromatic carbocycles. The van der Waals surface area contributed by atoms with E-state index in [4.69, 9.17) is 20.0 Å². The Kier molecular flexibility index (Phi) is 8.96. The van der Waals surface area contributed by atoms with Crippen LogP contribution in [0.4, 0.5) is 0 Å². The van der Waals surface area contributed by atoms with Gasteiger partial charge in [0.2, 0.25) is 0 Å². The molecule has 114 valence electrons. The Balaban J connectivity index is 2.40. The molecular weight excluding hydrogens is 406 g/mol. The third kappa shape index (κ3) is 6.88. The zero-order valence-corrected chi connectivity index (χ0v) is 14.3. The molecule has 0 spiro atoms. The van der Waals surface area contributed by atoms with Gasteiger partial charge in [0.1, 0.15) is 6.61 Å². The summed E-state index contributed by atoms with van der Waals surface area (Å²) in [5.41, 5.74) is 0.945. The smallest absolute Gasteiger partial charge is 0.356 e. The van der Waals surface area contributed by atoms with Gasteiger partial charge in [-0.1, -0.05) is 30.3 Å². The molecule has 0 fully saturated rings. The Morgan fingerprint density at radius 1 is 1.38 bits per heavy atom. The Hall–Kier alpha value is -1.18. The van der Waals surface area contributed by atoms with E-state index in [0.29, 0.717) is 13.2 Å². The van der Waals surface area contributed by atoms with E-state index in [-0.39, 0.29) is 24.4 Å². The number of carbonyl (C=O) groups is 1. The van der Waals surface area contributed by atoms with Crippen molar-refractivity contribution in [2.45, 2.75) is 6.61 Å². The second kappa shape index (κ2) is 10.5. The summed E-state index contributed by atoms with van der Waals surface area (Å²) in [5, 5.41) is 18.9. The second-order valence-corrected chi connectivity index (χ2v) is 5.85. The topological polar surface area (TPSA) is 91.6 Å². The van der Waals surface area contributed by atoms with E-state index in [1.165, 1.54) is 0 Å². The number of halogens is 1. The van der Waals surface area contributed by atoms with Gasteiger partial charge in [-0.2, -0.15) is 0 Å². The van der Waals surface area contributed by atoms with Crippen LogP contribution in [0, 0.1) is 5.41 Å². The first-order chi connectivity index (χ1) is 10.2. The van der Waals surface area contributed by atoms with Crippen molar-refractivity contribution in [1.29, 1.82) is 5.41 Å². The average molecular weight is 422 g/mol. The van der Waals surface area contributed by atoms with Gasteiger partial charge in [-0.05, 0) is 27.6 Å². The van der Waals surface area contributed by atoms with Gasteiger partial charge in [0.25, 0.3) is 0 Å². The first-order valence-electron chi connectivity index (χ1n) is 6.03. The van der Waals surface area contributed by atoms with Gasteiger partial charge in [0.05, 0.1) is 19.4 Å². The van der Waals surface area contributed by atoms with E-state index in [1.54, 1.807) is 0 Å². The molecule has 0 heterocycles. The molecule has 0 radical (unpaired) electrons. The van der Waals surface area contributed by atoms with Crippen LogP contribution in [-0.2, 0) is 20.9 Å². The van der Waals surface area contributed by atoms with Crippen molar-refractivity contribution in [3.05, 3.63) is 47.4 Å². The van der Waals surface area contributed by atoms with E-state index in [1.807, 2.05) is 52.4 Å². The average Bonchev–Trinajstić information content (AvgIpc) is 2.50. The Morgan fingerprint density at radius 3 is 2.67 bits per heavy atom. The van der Waals surface area contributed by atoms with Gasteiger partial charge in [0.15, 0.2) is 11.5 Å². The standard InChI is InChI=1S/C13H16IN2O4P/c14-21-16-12(13(17)18)11(8-15)20-7-6-19-9-10-4-2-1-3-5-10/h1-5,8,15-16,21H,6-7,9H2,(H,17,18)/b12-11+,15-8?. The largest absolute Gasteiger partial charge is 0.487 e. The van der Waals surface area contributed by atoms with Crippen LogP contribution in [0.15, 0.2) is 41.8 Å². The van der Waals surface area contributed by atoms with Crippen LogP contribution in [0.5, 0.6) is 0 Å². The molecule has 21 heavy (non-hydrogen) atoms. The lowest BCUT2D eigenvalue weighted by Gasteiger charge is -2.11. The Bertz CT molecular complexity index is 496. The SMILES string of the molecule is N=C/C(OCCOCc1ccccc1)=C(\NPI)C(=O)O. The number of hydrogen-bond acceptors (Lipinski definition) is 5. The van der Waals surface area contributed by atoms with Crippen molar-refractivity contribution < 1.29 is 19.4 Å². The van der Waals surface area contributed by atoms with E-state index in [9.17, 15) is 4.79 Å². The molecule has 0 aliphatic heterocycles. The fourth-order valence-electron chi connectivity index (χ4n) is 1.43. The van der Waals surface area contributed by atoms with Crippen LogP contribution < -0.4 is 5.09 Å². The van der Waals surface area contributed by atoms with Crippen LogP contribution in [0.1, 0.15) is 5.56 Å². The third-order valence-electron chi connectivity index (χ3n) is 2.36. The fraction of sp³-hybridized carbons (Fsp3) is 0.231. The predicted molar refractivity (Wildman–Crippen MR) is 91.0 cm³/mol. The highest BCUT2D eigenvalue weighted by Crippen LogP contribution is 2.18. The van der Waals surface area contributed by atoms with E-state index in [0.717, 1.165) is 11.8 Å². The van der Waals surface area contributed by atoms with E-state index < -0.39 is 5.97 Å². The van der Waals surface area contributed by atoms with Crippen molar-refractivity contribution in [3.63, 3.8) is 0 Å². The monoisotopic (exact) mass is 422 g/mol. The molecule has 0 aliphatic rings. The molecule has 1 atom stereocenters. The summed E-state index contributed by atoms with van der Waals surface area (Å²) in [4.78, 5) is 11.0. The number of carboxylic acids is 1. The number of allylic oxidation sites excluding steroid dienone is 1. The minimum absolute atomic E-state index is 0.00465. The van der Waals surface area contributed by atoms with Crippen molar-refractivity contribution in [3.8, 4) is 0 Å². The summed E-state index contributed by atoms with van der Waals surface area (Å²) >= 11 is 2.01. The summed E-state index contributed by atoms with van der Waals surface area (Å²) < 4.78 is 10.7. The molecule has 0 saturated carbocycles. The Morgan fingerprint density at radius 2 is 2.10 bits per heavy atom.